The SMILES string of the molecule is Cc1nn(C)c2nnc(C3CCCCC3)c(Cl)c12. The molecule has 0 amide bonds. The number of rotatable bonds is 1. The van der Waals surface area contributed by atoms with Gasteiger partial charge in [0.05, 0.1) is 21.8 Å². The maximum atomic E-state index is 6.54. The van der Waals surface area contributed by atoms with Gasteiger partial charge in [0.15, 0.2) is 5.65 Å². The number of hydrogen-bond donors (Lipinski definition) is 0. The van der Waals surface area contributed by atoms with E-state index in [-0.39, 0.29) is 0 Å². The lowest BCUT2D eigenvalue weighted by molar-refractivity contribution is 0.434. The average molecular weight is 265 g/mol. The summed E-state index contributed by atoms with van der Waals surface area (Å²) in [6.45, 7) is 1.97. The Bertz CT molecular complexity index is 584. The van der Waals surface area contributed by atoms with Crippen molar-refractivity contribution >= 4 is 22.6 Å². The normalized spacial score (nSPS) is 17.5. The molecule has 0 radical (unpaired) electrons. The van der Waals surface area contributed by atoms with E-state index >= 15 is 0 Å². The van der Waals surface area contributed by atoms with E-state index in [1.165, 1.54) is 32.1 Å². The summed E-state index contributed by atoms with van der Waals surface area (Å²) in [5, 5.41) is 14.8. The highest BCUT2D eigenvalue weighted by atomic mass is 35.5. The van der Waals surface area contributed by atoms with Crippen molar-refractivity contribution in [3.8, 4) is 0 Å². The molecule has 0 saturated heterocycles. The summed E-state index contributed by atoms with van der Waals surface area (Å²) in [7, 11) is 1.88. The van der Waals surface area contributed by atoms with Crippen LogP contribution in [0.4, 0.5) is 0 Å². The van der Waals surface area contributed by atoms with Gasteiger partial charge in [-0.1, -0.05) is 30.9 Å². The van der Waals surface area contributed by atoms with Gasteiger partial charge in [0, 0.05) is 13.0 Å². The van der Waals surface area contributed by atoms with E-state index in [0.717, 1.165) is 27.4 Å². The van der Waals surface area contributed by atoms with Crippen LogP contribution >= 0.6 is 11.6 Å². The van der Waals surface area contributed by atoms with E-state index in [0.29, 0.717) is 5.92 Å². The first-order valence-corrected chi connectivity index (χ1v) is 6.91. The van der Waals surface area contributed by atoms with Gasteiger partial charge in [0.2, 0.25) is 0 Å². The number of halogens is 1. The summed E-state index contributed by atoms with van der Waals surface area (Å²) in [4.78, 5) is 0. The Morgan fingerprint density at radius 3 is 2.61 bits per heavy atom. The minimum absolute atomic E-state index is 0.475. The molecule has 18 heavy (non-hydrogen) atoms. The zero-order valence-electron chi connectivity index (χ0n) is 10.8. The van der Waals surface area contributed by atoms with Crippen LogP contribution in [0.15, 0.2) is 0 Å². The fourth-order valence-corrected chi connectivity index (χ4v) is 3.34. The van der Waals surface area contributed by atoms with Crippen LogP contribution in [0.25, 0.3) is 11.0 Å². The molecule has 0 unspecified atom stereocenters. The predicted molar refractivity (Wildman–Crippen MR) is 71.9 cm³/mol. The largest absolute Gasteiger partial charge is 0.249 e. The molecule has 0 aromatic carbocycles. The fraction of sp³-hybridized carbons (Fsp3) is 0.615. The monoisotopic (exact) mass is 264 g/mol. The Morgan fingerprint density at radius 1 is 1.17 bits per heavy atom. The molecule has 5 heteroatoms. The highest BCUT2D eigenvalue weighted by molar-refractivity contribution is 6.36. The van der Waals surface area contributed by atoms with E-state index in [1.54, 1.807) is 4.68 Å². The van der Waals surface area contributed by atoms with Crippen molar-refractivity contribution in [3.05, 3.63) is 16.4 Å². The molecule has 0 aliphatic heterocycles. The number of nitrogens with zero attached hydrogens (tertiary/aromatic N) is 4. The second kappa shape index (κ2) is 4.50. The van der Waals surface area contributed by atoms with Crippen molar-refractivity contribution < 1.29 is 0 Å². The van der Waals surface area contributed by atoms with Crippen molar-refractivity contribution in [2.24, 2.45) is 7.05 Å². The van der Waals surface area contributed by atoms with E-state index in [1.807, 2.05) is 14.0 Å². The molecule has 1 saturated carbocycles. The molecule has 96 valence electrons. The predicted octanol–water partition coefficient (Wildman–Crippen LogP) is 3.37. The second-order valence-electron chi connectivity index (χ2n) is 5.14. The highest BCUT2D eigenvalue weighted by Gasteiger charge is 2.23. The summed E-state index contributed by atoms with van der Waals surface area (Å²) < 4.78 is 1.74. The number of fused-ring (bicyclic) bond motifs is 1. The van der Waals surface area contributed by atoms with Crippen LogP contribution in [0.3, 0.4) is 0 Å². The van der Waals surface area contributed by atoms with Gasteiger partial charge in [-0.25, -0.2) is 4.68 Å². The van der Waals surface area contributed by atoms with Gasteiger partial charge < -0.3 is 0 Å². The Labute approximate surface area is 111 Å². The highest BCUT2D eigenvalue weighted by Crippen LogP contribution is 2.37. The van der Waals surface area contributed by atoms with E-state index in [9.17, 15) is 0 Å². The summed E-state index contributed by atoms with van der Waals surface area (Å²) in [5.41, 5.74) is 2.68. The zero-order chi connectivity index (χ0) is 12.7. The maximum Gasteiger partial charge on any atom is 0.181 e. The molecule has 0 atom stereocenters. The van der Waals surface area contributed by atoms with Crippen LogP contribution in [0.2, 0.25) is 5.02 Å². The van der Waals surface area contributed by atoms with Gasteiger partial charge in [-0.15, -0.1) is 5.10 Å². The Hall–Kier alpha value is -1.16. The number of hydrogen-bond acceptors (Lipinski definition) is 3. The van der Waals surface area contributed by atoms with Crippen LogP contribution in [0.5, 0.6) is 0 Å². The third-order valence-corrected chi connectivity index (χ3v) is 4.26. The summed E-state index contributed by atoms with van der Waals surface area (Å²) in [5.74, 6) is 0.475. The van der Waals surface area contributed by atoms with Crippen molar-refractivity contribution in [2.45, 2.75) is 44.9 Å². The first-order valence-electron chi connectivity index (χ1n) is 6.54. The Morgan fingerprint density at radius 2 is 1.89 bits per heavy atom. The number of aromatic nitrogens is 4. The van der Waals surface area contributed by atoms with Gasteiger partial charge in [-0.05, 0) is 19.8 Å². The molecule has 2 heterocycles. The topological polar surface area (TPSA) is 43.6 Å². The van der Waals surface area contributed by atoms with E-state index < -0.39 is 0 Å². The van der Waals surface area contributed by atoms with Gasteiger partial charge in [0.25, 0.3) is 0 Å². The van der Waals surface area contributed by atoms with Crippen molar-refractivity contribution in [3.63, 3.8) is 0 Å². The van der Waals surface area contributed by atoms with Crippen LogP contribution < -0.4 is 0 Å². The van der Waals surface area contributed by atoms with Gasteiger partial charge in [-0.3, -0.25) is 0 Å². The lowest BCUT2D eigenvalue weighted by Crippen LogP contribution is -2.08. The average Bonchev–Trinajstić information content (AvgIpc) is 2.67. The standard InChI is InChI=1S/C13H17ClN4/c1-8-10-11(14)12(9-6-4-3-5-7-9)15-16-13(10)18(2)17-8/h9H,3-7H2,1-2H3. The third kappa shape index (κ3) is 1.79. The molecule has 1 fully saturated rings. The quantitative estimate of drug-likeness (QED) is 0.793. The minimum Gasteiger partial charge on any atom is -0.249 e. The molecule has 0 N–H and O–H groups in total. The van der Waals surface area contributed by atoms with Gasteiger partial charge in [0.1, 0.15) is 0 Å². The van der Waals surface area contributed by atoms with Gasteiger partial charge >= 0.3 is 0 Å². The molecule has 0 bridgehead atoms. The molecular formula is C13H17ClN4. The number of aryl methyl sites for hydroxylation is 2. The molecule has 4 nitrogen and oxygen atoms in total. The molecular weight excluding hydrogens is 248 g/mol. The van der Waals surface area contributed by atoms with Gasteiger partial charge in [-0.2, -0.15) is 10.2 Å². The third-order valence-electron chi connectivity index (χ3n) is 3.88. The smallest absolute Gasteiger partial charge is 0.181 e. The first kappa shape index (κ1) is 11.9. The Balaban J connectivity index is 2.13. The van der Waals surface area contributed by atoms with E-state index in [2.05, 4.69) is 15.3 Å². The summed E-state index contributed by atoms with van der Waals surface area (Å²) >= 11 is 6.54. The summed E-state index contributed by atoms with van der Waals surface area (Å²) in [6.07, 6.45) is 6.23. The first-order chi connectivity index (χ1) is 8.68. The molecule has 2 aromatic rings. The Kier molecular flexibility index (Phi) is 2.98. The molecule has 2 aromatic heterocycles. The second-order valence-corrected chi connectivity index (χ2v) is 5.52. The van der Waals surface area contributed by atoms with Crippen molar-refractivity contribution in [2.75, 3.05) is 0 Å². The lowest BCUT2D eigenvalue weighted by Gasteiger charge is -2.21. The fourth-order valence-electron chi connectivity index (χ4n) is 2.93. The van der Waals surface area contributed by atoms with Crippen LogP contribution in [-0.4, -0.2) is 20.0 Å². The molecule has 0 spiro atoms. The lowest BCUT2D eigenvalue weighted by atomic mass is 9.86. The van der Waals surface area contributed by atoms with Crippen LogP contribution in [0, 0.1) is 6.92 Å². The summed E-state index contributed by atoms with van der Waals surface area (Å²) in [6, 6.07) is 0. The van der Waals surface area contributed by atoms with Crippen molar-refractivity contribution in [1.29, 1.82) is 0 Å². The molecule has 3 rings (SSSR count). The van der Waals surface area contributed by atoms with Crippen LogP contribution in [0.1, 0.15) is 49.4 Å². The van der Waals surface area contributed by atoms with Crippen molar-refractivity contribution in [1.82, 2.24) is 20.0 Å². The molecule has 1 aliphatic carbocycles. The minimum atomic E-state index is 0.475. The van der Waals surface area contributed by atoms with E-state index in [4.69, 9.17) is 11.6 Å². The molecule has 1 aliphatic rings. The van der Waals surface area contributed by atoms with Crippen LogP contribution in [-0.2, 0) is 7.05 Å². The maximum absolute atomic E-state index is 6.54. The zero-order valence-corrected chi connectivity index (χ0v) is 11.5.